The lowest BCUT2D eigenvalue weighted by molar-refractivity contribution is -0.118. The zero-order chi connectivity index (χ0) is 19.7. The lowest BCUT2D eigenvalue weighted by Gasteiger charge is -2.35. The van der Waals surface area contributed by atoms with Gasteiger partial charge in [-0.25, -0.2) is 4.39 Å². The topological polar surface area (TPSA) is 91.2 Å². The van der Waals surface area contributed by atoms with Crippen molar-refractivity contribution in [2.24, 2.45) is 5.73 Å². The third-order valence-corrected chi connectivity index (χ3v) is 5.22. The van der Waals surface area contributed by atoms with Crippen molar-refractivity contribution in [1.29, 1.82) is 0 Å². The number of amides is 2. The Balaban J connectivity index is 2.06. The molecule has 1 aliphatic heterocycles. The van der Waals surface area contributed by atoms with Crippen molar-refractivity contribution >= 4 is 28.4 Å². The van der Waals surface area contributed by atoms with E-state index in [1.165, 1.54) is 12.1 Å². The van der Waals surface area contributed by atoms with E-state index in [9.17, 15) is 9.59 Å². The van der Waals surface area contributed by atoms with Gasteiger partial charge in [0.15, 0.2) is 0 Å². The Labute approximate surface area is 157 Å². The standard InChI is InChI=1S/C20H25FN4O2/c1-4-17(27)24-14-6-5-7-25(10-14)20-15(21)8-13(9-16(22)26)19-18(20)11(2)12(3)23-19/h4,8,14,23H,1,5-7,9-10H2,2-3H3,(H2,22,26)(H,24,27)/t14-/m0/s1. The highest BCUT2D eigenvalue weighted by atomic mass is 19.1. The Morgan fingerprint density at radius 1 is 1.48 bits per heavy atom. The summed E-state index contributed by atoms with van der Waals surface area (Å²) in [5, 5.41) is 3.68. The van der Waals surface area contributed by atoms with Crippen LogP contribution in [0.25, 0.3) is 10.9 Å². The van der Waals surface area contributed by atoms with Crippen molar-refractivity contribution in [1.82, 2.24) is 10.3 Å². The van der Waals surface area contributed by atoms with Gasteiger partial charge < -0.3 is 20.9 Å². The number of carbonyl (C=O) groups is 2. The minimum absolute atomic E-state index is 0.0227. The minimum atomic E-state index is -0.501. The number of aromatic amines is 1. The number of rotatable bonds is 5. The molecular weight excluding hydrogens is 347 g/mol. The van der Waals surface area contributed by atoms with Gasteiger partial charge >= 0.3 is 0 Å². The number of nitrogens with one attached hydrogen (secondary N) is 2. The molecule has 7 heteroatoms. The summed E-state index contributed by atoms with van der Waals surface area (Å²) in [6, 6.07) is 1.33. The van der Waals surface area contributed by atoms with Crippen LogP contribution >= 0.6 is 0 Å². The van der Waals surface area contributed by atoms with Gasteiger partial charge in [-0.3, -0.25) is 9.59 Å². The lowest BCUT2D eigenvalue weighted by Crippen LogP contribution is -2.47. The van der Waals surface area contributed by atoms with Gasteiger partial charge in [-0.1, -0.05) is 6.58 Å². The van der Waals surface area contributed by atoms with E-state index in [1.54, 1.807) is 0 Å². The molecule has 2 amide bonds. The number of aryl methyl sites for hydroxylation is 2. The normalized spacial score (nSPS) is 17.1. The van der Waals surface area contributed by atoms with Crippen LogP contribution in [0.4, 0.5) is 10.1 Å². The number of piperidine rings is 1. The highest BCUT2D eigenvalue weighted by molar-refractivity contribution is 6.00. The van der Waals surface area contributed by atoms with E-state index in [0.717, 1.165) is 35.0 Å². The molecule has 0 radical (unpaired) electrons. The number of halogens is 1. The summed E-state index contributed by atoms with van der Waals surface area (Å²) < 4.78 is 15.1. The summed E-state index contributed by atoms with van der Waals surface area (Å²) in [5.41, 5.74) is 9.03. The first kappa shape index (κ1) is 18.9. The van der Waals surface area contributed by atoms with Crippen molar-refractivity contribution in [3.63, 3.8) is 0 Å². The monoisotopic (exact) mass is 372 g/mol. The molecule has 4 N–H and O–H groups in total. The Morgan fingerprint density at radius 2 is 2.22 bits per heavy atom. The van der Waals surface area contributed by atoms with Gasteiger partial charge in [0, 0.05) is 30.2 Å². The zero-order valence-electron chi connectivity index (χ0n) is 15.7. The van der Waals surface area contributed by atoms with Crippen molar-refractivity contribution in [3.8, 4) is 0 Å². The van der Waals surface area contributed by atoms with Crippen LogP contribution in [0.5, 0.6) is 0 Å². The fourth-order valence-corrected chi connectivity index (χ4v) is 3.86. The van der Waals surface area contributed by atoms with E-state index in [4.69, 9.17) is 5.73 Å². The number of hydrogen-bond acceptors (Lipinski definition) is 3. The number of benzene rings is 1. The Kier molecular flexibility index (Phi) is 5.21. The molecule has 27 heavy (non-hydrogen) atoms. The van der Waals surface area contributed by atoms with Crippen molar-refractivity contribution in [2.45, 2.75) is 39.2 Å². The number of aromatic nitrogens is 1. The molecule has 0 bridgehead atoms. The highest BCUT2D eigenvalue weighted by Gasteiger charge is 2.27. The number of carbonyl (C=O) groups excluding carboxylic acids is 2. The van der Waals surface area contributed by atoms with Gasteiger partial charge in [-0.05, 0) is 50.0 Å². The molecule has 1 aromatic heterocycles. The molecule has 2 heterocycles. The van der Waals surface area contributed by atoms with Crippen LogP contribution in [0.15, 0.2) is 18.7 Å². The third-order valence-electron chi connectivity index (χ3n) is 5.22. The molecule has 0 unspecified atom stereocenters. The SMILES string of the molecule is C=CC(=O)N[C@H]1CCCN(c2c(F)cc(CC(N)=O)c3[nH]c(C)c(C)c23)C1. The van der Waals surface area contributed by atoms with E-state index in [-0.39, 0.29) is 24.2 Å². The van der Waals surface area contributed by atoms with Gasteiger partial charge in [-0.2, -0.15) is 0 Å². The molecule has 144 valence electrons. The third kappa shape index (κ3) is 3.67. The van der Waals surface area contributed by atoms with Crippen molar-refractivity contribution < 1.29 is 14.0 Å². The van der Waals surface area contributed by atoms with Gasteiger partial charge in [0.1, 0.15) is 5.82 Å². The molecule has 1 aromatic carbocycles. The highest BCUT2D eigenvalue weighted by Crippen LogP contribution is 2.37. The lowest BCUT2D eigenvalue weighted by atomic mass is 9.99. The minimum Gasteiger partial charge on any atom is -0.369 e. The van der Waals surface area contributed by atoms with E-state index in [2.05, 4.69) is 16.9 Å². The first-order valence-electron chi connectivity index (χ1n) is 9.08. The smallest absolute Gasteiger partial charge is 0.243 e. The van der Waals surface area contributed by atoms with Crippen molar-refractivity contribution in [3.05, 3.63) is 41.4 Å². The van der Waals surface area contributed by atoms with Gasteiger partial charge in [0.25, 0.3) is 0 Å². The van der Waals surface area contributed by atoms with Crippen LogP contribution in [-0.2, 0) is 16.0 Å². The largest absolute Gasteiger partial charge is 0.369 e. The summed E-state index contributed by atoms with van der Waals surface area (Å²) in [7, 11) is 0. The van der Waals surface area contributed by atoms with E-state index in [1.807, 2.05) is 18.7 Å². The molecule has 1 saturated heterocycles. The summed E-state index contributed by atoms with van der Waals surface area (Å²) in [4.78, 5) is 28.3. The number of nitrogens with zero attached hydrogens (tertiary/aromatic N) is 1. The van der Waals surface area contributed by atoms with Crippen LogP contribution in [0, 0.1) is 19.7 Å². The summed E-state index contributed by atoms with van der Waals surface area (Å²) in [5.74, 6) is -1.10. The van der Waals surface area contributed by atoms with E-state index in [0.29, 0.717) is 24.3 Å². The molecule has 3 rings (SSSR count). The molecule has 0 aliphatic carbocycles. The molecule has 0 saturated carbocycles. The number of fused-ring (bicyclic) bond motifs is 1. The molecule has 0 spiro atoms. The Morgan fingerprint density at radius 3 is 2.89 bits per heavy atom. The number of hydrogen-bond donors (Lipinski definition) is 3. The molecule has 1 atom stereocenters. The second-order valence-electron chi connectivity index (χ2n) is 7.13. The van der Waals surface area contributed by atoms with Crippen LogP contribution in [0.1, 0.15) is 29.7 Å². The predicted molar refractivity (Wildman–Crippen MR) is 104 cm³/mol. The van der Waals surface area contributed by atoms with Crippen LogP contribution in [0.2, 0.25) is 0 Å². The molecule has 1 fully saturated rings. The van der Waals surface area contributed by atoms with E-state index < -0.39 is 5.91 Å². The predicted octanol–water partition coefficient (Wildman–Crippen LogP) is 2.22. The average Bonchev–Trinajstić information content (AvgIpc) is 2.90. The van der Waals surface area contributed by atoms with Gasteiger partial charge in [0.05, 0.1) is 17.6 Å². The first-order chi connectivity index (χ1) is 12.8. The number of nitrogens with two attached hydrogens (primary N) is 1. The number of H-pyrrole nitrogens is 1. The molecule has 6 nitrogen and oxygen atoms in total. The van der Waals surface area contributed by atoms with Crippen LogP contribution in [0.3, 0.4) is 0 Å². The van der Waals surface area contributed by atoms with Crippen molar-refractivity contribution in [2.75, 3.05) is 18.0 Å². The fraction of sp³-hybridized carbons (Fsp3) is 0.400. The Bertz CT molecular complexity index is 919. The maximum absolute atomic E-state index is 15.1. The van der Waals surface area contributed by atoms with Crippen LogP contribution < -0.4 is 16.0 Å². The van der Waals surface area contributed by atoms with Crippen LogP contribution in [-0.4, -0.2) is 35.9 Å². The molecule has 2 aromatic rings. The van der Waals surface area contributed by atoms with E-state index >= 15 is 4.39 Å². The van der Waals surface area contributed by atoms with Gasteiger partial charge in [0.2, 0.25) is 11.8 Å². The maximum Gasteiger partial charge on any atom is 0.243 e. The molecule has 1 aliphatic rings. The quantitative estimate of drug-likeness (QED) is 0.703. The number of anilines is 1. The second kappa shape index (κ2) is 7.42. The zero-order valence-corrected chi connectivity index (χ0v) is 15.7. The summed E-state index contributed by atoms with van der Waals surface area (Å²) in [6.07, 6.45) is 2.90. The van der Waals surface area contributed by atoms with Gasteiger partial charge in [-0.15, -0.1) is 0 Å². The first-order valence-corrected chi connectivity index (χ1v) is 9.08. The maximum atomic E-state index is 15.1. The Hall–Kier alpha value is -2.83. The average molecular weight is 372 g/mol. The number of primary amides is 1. The molecular formula is C20H25FN4O2. The summed E-state index contributed by atoms with van der Waals surface area (Å²) >= 11 is 0. The second-order valence-corrected chi connectivity index (χ2v) is 7.13. The summed E-state index contributed by atoms with van der Waals surface area (Å²) in [6.45, 7) is 8.56. The fourth-order valence-electron chi connectivity index (χ4n) is 3.86.